The molecule has 1 heterocycles. The van der Waals surface area contributed by atoms with E-state index in [9.17, 15) is 4.79 Å². The quantitative estimate of drug-likeness (QED) is 0.618. The molecule has 1 unspecified atom stereocenters. The number of carbonyl (C=O) groups excluding carboxylic acids is 1. The molecule has 2 rings (SSSR count). The molecule has 0 spiro atoms. The third-order valence-electron chi connectivity index (χ3n) is 4.31. The minimum Gasteiger partial charge on any atom is -0.379 e. The van der Waals surface area contributed by atoms with E-state index < -0.39 is 5.54 Å². The van der Waals surface area contributed by atoms with Crippen molar-refractivity contribution in [2.24, 2.45) is 0 Å². The van der Waals surface area contributed by atoms with Gasteiger partial charge in [0, 0.05) is 29.5 Å². The number of nitrogens with zero attached hydrogens (tertiary/aromatic N) is 1. The molecule has 1 saturated heterocycles. The standard InChI is InChI=1S/C17H26NO2S/c1-5-21(4)15-8-6-14(7-9-15)16(19)17(2,3)18-10-12-20-13-11-18/h6-9H,5,10-13H2,1-4H3/q+1. The van der Waals surface area contributed by atoms with Crippen molar-refractivity contribution in [2.75, 3.05) is 38.3 Å². The number of ketones is 1. The molecule has 0 N–H and O–H groups in total. The highest BCUT2D eigenvalue weighted by molar-refractivity contribution is 7.96. The maximum absolute atomic E-state index is 12.8. The molecule has 0 aromatic heterocycles. The van der Waals surface area contributed by atoms with Crippen molar-refractivity contribution in [3.63, 3.8) is 0 Å². The van der Waals surface area contributed by atoms with E-state index in [0.717, 1.165) is 24.4 Å². The van der Waals surface area contributed by atoms with E-state index >= 15 is 0 Å². The Morgan fingerprint density at radius 3 is 2.33 bits per heavy atom. The SMILES string of the molecule is CC[S+](C)c1ccc(C(=O)C(C)(C)N2CCOCC2)cc1. The maximum Gasteiger partial charge on any atom is 0.182 e. The topological polar surface area (TPSA) is 29.5 Å². The Labute approximate surface area is 131 Å². The first-order valence-electron chi connectivity index (χ1n) is 7.57. The van der Waals surface area contributed by atoms with Gasteiger partial charge in [-0.2, -0.15) is 0 Å². The molecule has 1 fully saturated rings. The van der Waals surface area contributed by atoms with Crippen LogP contribution in [0.1, 0.15) is 31.1 Å². The molecule has 116 valence electrons. The van der Waals surface area contributed by atoms with Gasteiger partial charge in [0.25, 0.3) is 0 Å². The molecule has 1 aromatic rings. The normalized spacial score (nSPS) is 18.5. The fourth-order valence-corrected chi connectivity index (χ4v) is 3.56. The number of ether oxygens (including phenoxy) is 1. The third kappa shape index (κ3) is 3.68. The maximum atomic E-state index is 12.8. The van der Waals surface area contributed by atoms with Gasteiger partial charge < -0.3 is 4.74 Å². The van der Waals surface area contributed by atoms with Gasteiger partial charge in [0.15, 0.2) is 10.7 Å². The van der Waals surface area contributed by atoms with Crippen LogP contribution in [0.4, 0.5) is 0 Å². The minimum atomic E-state index is -0.468. The number of Topliss-reactive ketones (excluding diaryl/α,β-unsaturated/α-hetero) is 1. The molecule has 1 aliphatic rings. The van der Waals surface area contributed by atoms with Crippen LogP contribution in [0, 0.1) is 0 Å². The second kappa shape index (κ2) is 6.95. The minimum absolute atomic E-state index is 0.198. The number of carbonyl (C=O) groups is 1. The Morgan fingerprint density at radius 1 is 1.24 bits per heavy atom. The molecule has 1 atom stereocenters. The van der Waals surface area contributed by atoms with E-state index in [1.54, 1.807) is 0 Å². The summed E-state index contributed by atoms with van der Waals surface area (Å²) in [6, 6.07) is 8.18. The zero-order valence-corrected chi connectivity index (χ0v) is 14.3. The number of rotatable bonds is 5. The second-order valence-electron chi connectivity index (χ2n) is 5.94. The highest BCUT2D eigenvalue weighted by Crippen LogP contribution is 2.23. The van der Waals surface area contributed by atoms with Gasteiger partial charge in [-0.1, -0.05) is 0 Å². The van der Waals surface area contributed by atoms with Crippen molar-refractivity contribution in [1.29, 1.82) is 0 Å². The van der Waals surface area contributed by atoms with Crippen molar-refractivity contribution in [3.05, 3.63) is 29.8 Å². The Bertz CT molecular complexity index is 478. The molecule has 0 bridgehead atoms. The van der Waals surface area contributed by atoms with Crippen LogP contribution in [0.15, 0.2) is 29.2 Å². The summed E-state index contributed by atoms with van der Waals surface area (Å²) >= 11 is 0. The molecule has 21 heavy (non-hydrogen) atoms. The van der Waals surface area contributed by atoms with Crippen molar-refractivity contribution >= 4 is 16.7 Å². The molecular weight excluding hydrogens is 282 g/mol. The van der Waals surface area contributed by atoms with Crippen molar-refractivity contribution < 1.29 is 9.53 Å². The Kier molecular flexibility index (Phi) is 5.47. The third-order valence-corrected chi connectivity index (χ3v) is 6.25. The lowest BCUT2D eigenvalue weighted by Crippen LogP contribution is -2.54. The van der Waals surface area contributed by atoms with Crippen molar-refractivity contribution in [2.45, 2.75) is 31.2 Å². The first kappa shape index (κ1) is 16.5. The Hall–Kier alpha value is -0.840. The molecule has 4 heteroatoms. The number of morpholine rings is 1. The Balaban J connectivity index is 2.14. The highest BCUT2D eigenvalue weighted by Gasteiger charge is 2.36. The lowest BCUT2D eigenvalue weighted by molar-refractivity contribution is -0.00430. The number of hydrogen-bond donors (Lipinski definition) is 0. The summed E-state index contributed by atoms with van der Waals surface area (Å²) in [6.45, 7) is 9.31. The molecule has 3 nitrogen and oxygen atoms in total. The number of benzene rings is 1. The first-order chi connectivity index (χ1) is 9.96. The fourth-order valence-electron chi connectivity index (χ4n) is 2.62. The second-order valence-corrected chi connectivity index (χ2v) is 8.26. The molecule has 0 radical (unpaired) electrons. The average molecular weight is 308 g/mol. The summed E-state index contributed by atoms with van der Waals surface area (Å²) in [5.41, 5.74) is 0.340. The zero-order valence-electron chi connectivity index (χ0n) is 13.5. The summed E-state index contributed by atoms with van der Waals surface area (Å²) in [5, 5.41) is 0. The molecule has 1 aliphatic heterocycles. The van der Waals surface area contributed by atoms with Crippen LogP contribution < -0.4 is 0 Å². The van der Waals surface area contributed by atoms with Crippen LogP contribution in [-0.4, -0.2) is 54.5 Å². The van der Waals surface area contributed by atoms with E-state index in [0.29, 0.717) is 13.2 Å². The summed E-state index contributed by atoms with van der Waals surface area (Å²) in [4.78, 5) is 16.4. The van der Waals surface area contributed by atoms with Gasteiger partial charge in [0.2, 0.25) is 0 Å². The van der Waals surface area contributed by atoms with Crippen LogP contribution in [0.2, 0.25) is 0 Å². The number of hydrogen-bond acceptors (Lipinski definition) is 3. The van der Waals surface area contributed by atoms with Crippen LogP contribution in [0.5, 0.6) is 0 Å². The highest BCUT2D eigenvalue weighted by atomic mass is 32.2. The van der Waals surface area contributed by atoms with Crippen LogP contribution in [0.25, 0.3) is 0 Å². The van der Waals surface area contributed by atoms with Crippen LogP contribution >= 0.6 is 0 Å². The van der Waals surface area contributed by atoms with Gasteiger partial charge in [-0.25, -0.2) is 0 Å². The fraction of sp³-hybridized carbons (Fsp3) is 0.588. The van der Waals surface area contributed by atoms with Gasteiger partial charge in [-0.15, -0.1) is 0 Å². The smallest absolute Gasteiger partial charge is 0.182 e. The van der Waals surface area contributed by atoms with Gasteiger partial charge in [-0.05, 0) is 45.0 Å². The summed E-state index contributed by atoms with van der Waals surface area (Å²) in [6.07, 6.45) is 2.24. The first-order valence-corrected chi connectivity index (χ1v) is 9.37. The predicted octanol–water partition coefficient (Wildman–Crippen LogP) is 2.61. The monoisotopic (exact) mass is 308 g/mol. The van der Waals surface area contributed by atoms with Crippen LogP contribution in [-0.2, 0) is 15.6 Å². The lowest BCUT2D eigenvalue weighted by atomic mass is 9.91. The van der Waals surface area contributed by atoms with E-state index in [4.69, 9.17) is 4.74 Å². The molecule has 0 amide bonds. The van der Waals surface area contributed by atoms with Gasteiger partial charge in [0.05, 0.1) is 18.8 Å². The van der Waals surface area contributed by atoms with Gasteiger partial charge in [0.1, 0.15) is 12.0 Å². The van der Waals surface area contributed by atoms with Crippen LogP contribution in [0.3, 0.4) is 0 Å². The van der Waals surface area contributed by atoms with Gasteiger partial charge >= 0.3 is 0 Å². The van der Waals surface area contributed by atoms with E-state index in [1.807, 2.05) is 26.0 Å². The summed E-state index contributed by atoms with van der Waals surface area (Å²) in [5.74, 6) is 1.34. The summed E-state index contributed by atoms with van der Waals surface area (Å²) < 4.78 is 5.38. The van der Waals surface area contributed by atoms with E-state index in [-0.39, 0.29) is 16.7 Å². The average Bonchev–Trinajstić information content (AvgIpc) is 2.54. The van der Waals surface area contributed by atoms with Gasteiger partial charge in [-0.3, -0.25) is 9.69 Å². The summed E-state index contributed by atoms with van der Waals surface area (Å²) in [7, 11) is 0.274. The Morgan fingerprint density at radius 2 is 1.81 bits per heavy atom. The van der Waals surface area contributed by atoms with E-state index in [1.165, 1.54) is 4.90 Å². The predicted molar refractivity (Wildman–Crippen MR) is 89.3 cm³/mol. The lowest BCUT2D eigenvalue weighted by Gasteiger charge is -2.39. The van der Waals surface area contributed by atoms with E-state index in [2.05, 4.69) is 30.2 Å². The molecular formula is C17H26NO2S+. The largest absolute Gasteiger partial charge is 0.379 e. The zero-order chi connectivity index (χ0) is 15.5. The molecule has 0 saturated carbocycles. The molecule has 1 aromatic carbocycles. The van der Waals surface area contributed by atoms with Crippen molar-refractivity contribution in [1.82, 2.24) is 4.90 Å². The molecule has 0 aliphatic carbocycles. The van der Waals surface area contributed by atoms with Crippen molar-refractivity contribution in [3.8, 4) is 0 Å².